The lowest BCUT2D eigenvalue weighted by molar-refractivity contribution is -0.123. The first-order valence-electron chi connectivity index (χ1n) is 5.03. The zero-order valence-electron chi connectivity index (χ0n) is 9.86. The summed E-state index contributed by atoms with van der Waals surface area (Å²) in [5, 5.41) is 6.85. The maximum absolute atomic E-state index is 11.7. The van der Waals surface area contributed by atoms with Crippen molar-refractivity contribution < 1.29 is 4.79 Å². The van der Waals surface area contributed by atoms with Crippen LogP contribution in [0, 0.1) is 5.41 Å². The number of hydrogen-bond donors (Lipinski definition) is 2. The first kappa shape index (κ1) is 14.9. The van der Waals surface area contributed by atoms with Crippen molar-refractivity contribution in [3.63, 3.8) is 0 Å². The number of halogens is 1. The molecule has 5 nitrogen and oxygen atoms in total. The summed E-state index contributed by atoms with van der Waals surface area (Å²) in [5.41, 5.74) is 5.67. The number of carbonyl (C=O) groups is 1. The molecule has 0 bridgehead atoms. The number of rotatable bonds is 4. The standard InChI is InChI=1S/C10H18N4O.ClH/c1-4-14-6-8(5-12-14)13-9(15)10(2,3)7-11;/h5-6H,4,7,11H2,1-3H3,(H,13,15);1H. The Bertz CT molecular complexity index is 348. The number of hydrogen-bond acceptors (Lipinski definition) is 3. The number of amides is 1. The third-order valence-electron chi connectivity index (χ3n) is 2.34. The average molecular weight is 247 g/mol. The molecule has 0 saturated carbocycles. The molecule has 1 aromatic rings. The van der Waals surface area contributed by atoms with E-state index in [4.69, 9.17) is 5.73 Å². The minimum Gasteiger partial charge on any atom is -0.329 e. The van der Waals surface area contributed by atoms with Crippen molar-refractivity contribution in [2.24, 2.45) is 11.1 Å². The van der Waals surface area contributed by atoms with E-state index in [2.05, 4.69) is 10.4 Å². The third kappa shape index (κ3) is 3.50. The number of carbonyl (C=O) groups excluding carboxylic acids is 1. The SMILES string of the molecule is CCn1cc(NC(=O)C(C)(C)CN)cn1.Cl. The van der Waals surface area contributed by atoms with Crippen molar-refractivity contribution in [3.8, 4) is 0 Å². The van der Waals surface area contributed by atoms with Gasteiger partial charge in [-0.3, -0.25) is 9.48 Å². The molecule has 1 aromatic heterocycles. The molecule has 0 atom stereocenters. The van der Waals surface area contributed by atoms with E-state index in [1.54, 1.807) is 17.1 Å². The molecule has 1 heterocycles. The summed E-state index contributed by atoms with van der Waals surface area (Å²) in [6.45, 7) is 6.72. The normalized spacial score (nSPS) is 10.8. The topological polar surface area (TPSA) is 72.9 Å². The Morgan fingerprint density at radius 1 is 1.62 bits per heavy atom. The molecule has 0 aliphatic carbocycles. The summed E-state index contributed by atoms with van der Waals surface area (Å²) in [7, 11) is 0. The van der Waals surface area contributed by atoms with Gasteiger partial charge in [0.05, 0.1) is 17.3 Å². The Morgan fingerprint density at radius 3 is 2.69 bits per heavy atom. The predicted molar refractivity (Wildman–Crippen MR) is 66.6 cm³/mol. The maximum atomic E-state index is 11.7. The summed E-state index contributed by atoms with van der Waals surface area (Å²) in [5.74, 6) is -0.0827. The zero-order chi connectivity index (χ0) is 11.5. The van der Waals surface area contributed by atoms with Crippen molar-refractivity contribution in [1.29, 1.82) is 0 Å². The van der Waals surface area contributed by atoms with Gasteiger partial charge in [-0.05, 0) is 20.8 Å². The molecule has 6 heteroatoms. The highest BCUT2D eigenvalue weighted by Crippen LogP contribution is 2.16. The molecular formula is C10H19ClN4O. The van der Waals surface area contributed by atoms with E-state index in [0.717, 1.165) is 6.54 Å². The highest BCUT2D eigenvalue weighted by molar-refractivity contribution is 5.94. The van der Waals surface area contributed by atoms with Gasteiger partial charge in [-0.15, -0.1) is 12.4 Å². The average Bonchev–Trinajstić information content (AvgIpc) is 2.65. The molecule has 0 saturated heterocycles. The Labute approximate surface area is 102 Å². The summed E-state index contributed by atoms with van der Waals surface area (Å²) < 4.78 is 1.76. The Hall–Kier alpha value is -1.07. The number of nitrogens with two attached hydrogens (primary N) is 1. The van der Waals surface area contributed by atoms with Crippen molar-refractivity contribution in [2.75, 3.05) is 11.9 Å². The van der Waals surface area contributed by atoms with E-state index in [1.165, 1.54) is 0 Å². The van der Waals surface area contributed by atoms with Crippen LogP contribution >= 0.6 is 12.4 Å². The van der Waals surface area contributed by atoms with E-state index >= 15 is 0 Å². The van der Waals surface area contributed by atoms with Crippen LogP contribution in [0.4, 0.5) is 5.69 Å². The quantitative estimate of drug-likeness (QED) is 0.840. The summed E-state index contributed by atoms with van der Waals surface area (Å²) >= 11 is 0. The first-order valence-corrected chi connectivity index (χ1v) is 5.03. The van der Waals surface area contributed by atoms with Crippen LogP contribution in [0.2, 0.25) is 0 Å². The van der Waals surface area contributed by atoms with Crippen molar-refractivity contribution in [2.45, 2.75) is 27.3 Å². The minimum atomic E-state index is -0.547. The van der Waals surface area contributed by atoms with E-state index in [-0.39, 0.29) is 18.3 Å². The van der Waals surface area contributed by atoms with Gasteiger partial charge in [0, 0.05) is 19.3 Å². The van der Waals surface area contributed by atoms with Crippen LogP contribution in [-0.2, 0) is 11.3 Å². The molecule has 16 heavy (non-hydrogen) atoms. The molecule has 0 fully saturated rings. The van der Waals surface area contributed by atoms with Gasteiger partial charge in [-0.25, -0.2) is 0 Å². The summed E-state index contributed by atoms with van der Waals surface area (Å²) in [6.07, 6.45) is 3.43. The smallest absolute Gasteiger partial charge is 0.231 e. The zero-order valence-corrected chi connectivity index (χ0v) is 10.7. The number of nitrogens with zero attached hydrogens (tertiary/aromatic N) is 2. The lowest BCUT2D eigenvalue weighted by Crippen LogP contribution is -2.37. The second kappa shape index (κ2) is 5.86. The predicted octanol–water partition coefficient (Wildman–Crippen LogP) is 1.25. The number of aromatic nitrogens is 2. The van der Waals surface area contributed by atoms with Gasteiger partial charge in [-0.2, -0.15) is 5.10 Å². The van der Waals surface area contributed by atoms with E-state index in [1.807, 2.05) is 20.8 Å². The first-order chi connectivity index (χ1) is 6.99. The fourth-order valence-electron chi connectivity index (χ4n) is 0.994. The Balaban J connectivity index is 0.00000225. The fraction of sp³-hybridized carbons (Fsp3) is 0.600. The Kier molecular flexibility index (Phi) is 5.47. The van der Waals surface area contributed by atoms with Gasteiger partial charge >= 0.3 is 0 Å². The van der Waals surface area contributed by atoms with Crippen LogP contribution in [0.5, 0.6) is 0 Å². The molecule has 0 aromatic carbocycles. The van der Waals surface area contributed by atoms with Gasteiger partial charge < -0.3 is 11.1 Å². The molecule has 0 radical (unpaired) electrons. The van der Waals surface area contributed by atoms with Crippen molar-refractivity contribution in [1.82, 2.24) is 9.78 Å². The second-order valence-electron chi connectivity index (χ2n) is 4.13. The van der Waals surface area contributed by atoms with Crippen molar-refractivity contribution >= 4 is 24.0 Å². The van der Waals surface area contributed by atoms with Crippen LogP contribution in [0.3, 0.4) is 0 Å². The van der Waals surface area contributed by atoms with Gasteiger partial charge in [0.25, 0.3) is 0 Å². The largest absolute Gasteiger partial charge is 0.329 e. The van der Waals surface area contributed by atoms with E-state index < -0.39 is 5.41 Å². The molecule has 0 spiro atoms. The van der Waals surface area contributed by atoms with Crippen LogP contribution in [0.15, 0.2) is 12.4 Å². The molecule has 3 N–H and O–H groups in total. The number of anilines is 1. The van der Waals surface area contributed by atoms with Gasteiger partial charge in [-0.1, -0.05) is 0 Å². The highest BCUT2D eigenvalue weighted by atomic mass is 35.5. The van der Waals surface area contributed by atoms with Crippen LogP contribution < -0.4 is 11.1 Å². The molecule has 0 unspecified atom stereocenters. The third-order valence-corrected chi connectivity index (χ3v) is 2.34. The van der Waals surface area contributed by atoms with E-state index in [9.17, 15) is 4.79 Å². The highest BCUT2D eigenvalue weighted by Gasteiger charge is 2.25. The maximum Gasteiger partial charge on any atom is 0.231 e. The molecule has 0 aliphatic heterocycles. The molecule has 1 rings (SSSR count). The van der Waals surface area contributed by atoms with Gasteiger partial charge in [0.15, 0.2) is 0 Å². The number of aryl methyl sites for hydroxylation is 1. The molecule has 0 aliphatic rings. The van der Waals surface area contributed by atoms with Crippen molar-refractivity contribution in [3.05, 3.63) is 12.4 Å². The molecular weight excluding hydrogens is 228 g/mol. The lowest BCUT2D eigenvalue weighted by Gasteiger charge is -2.20. The van der Waals surface area contributed by atoms with Gasteiger partial charge in [0.2, 0.25) is 5.91 Å². The minimum absolute atomic E-state index is 0. The van der Waals surface area contributed by atoms with Crippen LogP contribution in [0.25, 0.3) is 0 Å². The fourth-order valence-corrected chi connectivity index (χ4v) is 0.994. The Morgan fingerprint density at radius 2 is 2.25 bits per heavy atom. The van der Waals surface area contributed by atoms with Crippen LogP contribution in [0.1, 0.15) is 20.8 Å². The van der Waals surface area contributed by atoms with E-state index in [0.29, 0.717) is 12.2 Å². The summed E-state index contributed by atoms with van der Waals surface area (Å²) in [4.78, 5) is 11.7. The molecule has 92 valence electrons. The van der Waals surface area contributed by atoms with Crippen LogP contribution in [-0.4, -0.2) is 22.2 Å². The molecule has 1 amide bonds. The summed E-state index contributed by atoms with van der Waals surface area (Å²) in [6, 6.07) is 0. The lowest BCUT2D eigenvalue weighted by atomic mass is 9.93. The monoisotopic (exact) mass is 246 g/mol. The number of nitrogens with one attached hydrogen (secondary N) is 1. The second-order valence-corrected chi connectivity index (χ2v) is 4.13. The van der Waals surface area contributed by atoms with Gasteiger partial charge in [0.1, 0.15) is 0 Å².